The largest absolute Gasteiger partial charge is 0.493 e. The van der Waals surface area contributed by atoms with Crippen molar-refractivity contribution in [1.82, 2.24) is 5.32 Å². The van der Waals surface area contributed by atoms with Gasteiger partial charge in [0.1, 0.15) is 0 Å². The summed E-state index contributed by atoms with van der Waals surface area (Å²) in [6.45, 7) is 0.973. The highest BCUT2D eigenvalue weighted by atomic mass is 16.5. The highest BCUT2D eigenvalue weighted by Crippen LogP contribution is 2.43. The number of carbonyl (C=O) groups is 1. The topological polar surface area (TPSA) is 73.6 Å². The van der Waals surface area contributed by atoms with Crippen LogP contribution in [-0.4, -0.2) is 33.2 Å². The zero-order valence-electron chi connectivity index (χ0n) is 12.8. The summed E-state index contributed by atoms with van der Waals surface area (Å²) in [5, 5.41) is 3.19. The minimum absolute atomic E-state index is 0.0506. The average Bonchev–Trinajstić information content (AvgIpc) is 2.96. The fourth-order valence-corrected chi connectivity index (χ4v) is 3.21. The zero-order chi connectivity index (χ0) is 15.3. The van der Waals surface area contributed by atoms with Gasteiger partial charge in [0.25, 0.3) is 0 Å². The lowest BCUT2D eigenvalue weighted by Gasteiger charge is -2.30. The molecule has 0 bridgehead atoms. The maximum Gasteiger partial charge on any atom is 0.231 e. The highest BCUT2D eigenvalue weighted by Gasteiger charge is 2.35. The molecule has 1 aromatic rings. The maximum atomic E-state index is 10.9. The smallest absolute Gasteiger partial charge is 0.231 e. The van der Waals surface area contributed by atoms with Crippen molar-refractivity contribution in [1.29, 1.82) is 0 Å². The first-order valence-electron chi connectivity index (χ1n) is 7.33. The molecule has 1 amide bonds. The molecule has 3 N–H and O–H groups in total. The van der Waals surface area contributed by atoms with Gasteiger partial charge in [-0.25, -0.2) is 0 Å². The Hall–Kier alpha value is -1.75. The zero-order valence-corrected chi connectivity index (χ0v) is 12.8. The fourth-order valence-electron chi connectivity index (χ4n) is 3.21. The molecule has 0 saturated heterocycles. The Morgan fingerprint density at radius 2 is 1.90 bits per heavy atom. The van der Waals surface area contributed by atoms with Crippen molar-refractivity contribution in [2.45, 2.75) is 31.1 Å². The van der Waals surface area contributed by atoms with Crippen molar-refractivity contribution in [3.8, 4) is 11.5 Å². The summed E-state index contributed by atoms with van der Waals surface area (Å²) in [7, 11) is 3.28. The highest BCUT2D eigenvalue weighted by molar-refractivity contribution is 5.75. The molecular formula is C16H24N2O3. The van der Waals surface area contributed by atoms with Gasteiger partial charge in [-0.15, -0.1) is 0 Å². The summed E-state index contributed by atoms with van der Waals surface area (Å²) >= 11 is 0. The van der Waals surface area contributed by atoms with Gasteiger partial charge in [0.2, 0.25) is 5.91 Å². The molecule has 0 atom stereocenters. The van der Waals surface area contributed by atoms with E-state index in [1.165, 1.54) is 18.4 Å². The molecule has 0 heterocycles. The first-order valence-corrected chi connectivity index (χ1v) is 7.33. The Morgan fingerprint density at radius 3 is 2.48 bits per heavy atom. The Labute approximate surface area is 125 Å². The second kappa shape index (κ2) is 6.80. The Kier molecular flexibility index (Phi) is 5.07. The number of ether oxygens (including phenoxy) is 2. The van der Waals surface area contributed by atoms with Gasteiger partial charge in [-0.1, -0.05) is 18.9 Å². The predicted molar refractivity (Wildman–Crippen MR) is 81.8 cm³/mol. The quantitative estimate of drug-likeness (QED) is 0.800. The molecule has 2 rings (SSSR count). The lowest BCUT2D eigenvalue weighted by Crippen LogP contribution is -2.39. The first kappa shape index (κ1) is 15.6. The molecule has 5 heteroatoms. The number of nitrogens with one attached hydrogen (secondary N) is 1. The van der Waals surface area contributed by atoms with Gasteiger partial charge in [0.05, 0.1) is 20.8 Å². The van der Waals surface area contributed by atoms with Gasteiger partial charge in [-0.2, -0.15) is 0 Å². The van der Waals surface area contributed by atoms with Gasteiger partial charge in [-0.05, 0) is 30.5 Å². The van der Waals surface area contributed by atoms with Crippen molar-refractivity contribution >= 4 is 5.91 Å². The van der Waals surface area contributed by atoms with E-state index < -0.39 is 0 Å². The van der Waals surface area contributed by atoms with Crippen molar-refractivity contribution in [2.75, 3.05) is 27.3 Å². The van der Waals surface area contributed by atoms with E-state index in [9.17, 15) is 4.79 Å². The molecule has 0 aliphatic heterocycles. The second-order valence-corrected chi connectivity index (χ2v) is 5.63. The van der Waals surface area contributed by atoms with Crippen LogP contribution in [0.2, 0.25) is 0 Å². The monoisotopic (exact) mass is 292 g/mol. The second-order valence-electron chi connectivity index (χ2n) is 5.63. The van der Waals surface area contributed by atoms with Gasteiger partial charge in [-0.3, -0.25) is 4.79 Å². The van der Waals surface area contributed by atoms with Crippen molar-refractivity contribution in [2.24, 2.45) is 5.73 Å². The molecule has 5 nitrogen and oxygen atoms in total. The number of methoxy groups -OCH3 is 2. The third-order valence-corrected chi connectivity index (χ3v) is 4.32. The molecule has 0 aromatic heterocycles. The summed E-state index contributed by atoms with van der Waals surface area (Å²) < 4.78 is 10.7. The van der Waals surface area contributed by atoms with E-state index in [2.05, 4.69) is 17.4 Å². The number of amides is 1. The Bertz CT molecular complexity index is 496. The number of hydrogen-bond acceptors (Lipinski definition) is 4. The molecule has 116 valence electrons. The normalized spacial score (nSPS) is 16.7. The number of nitrogens with two attached hydrogens (primary N) is 1. The van der Waals surface area contributed by atoms with E-state index in [0.717, 1.165) is 30.9 Å². The van der Waals surface area contributed by atoms with E-state index in [0.29, 0.717) is 0 Å². The summed E-state index contributed by atoms with van der Waals surface area (Å²) in [5.41, 5.74) is 6.49. The molecule has 0 radical (unpaired) electrons. The van der Waals surface area contributed by atoms with Crippen LogP contribution in [0.3, 0.4) is 0 Å². The van der Waals surface area contributed by atoms with E-state index in [4.69, 9.17) is 15.2 Å². The summed E-state index contributed by atoms with van der Waals surface area (Å²) in [6, 6.07) is 6.09. The van der Waals surface area contributed by atoms with Crippen molar-refractivity contribution in [3.05, 3.63) is 23.8 Å². The number of rotatable bonds is 7. The predicted octanol–water partition coefficient (Wildman–Crippen LogP) is 1.59. The Morgan fingerprint density at radius 1 is 1.24 bits per heavy atom. The van der Waals surface area contributed by atoms with Crippen LogP contribution < -0.4 is 20.5 Å². The average molecular weight is 292 g/mol. The van der Waals surface area contributed by atoms with Gasteiger partial charge >= 0.3 is 0 Å². The van der Waals surface area contributed by atoms with Crippen molar-refractivity contribution in [3.63, 3.8) is 0 Å². The van der Waals surface area contributed by atoms with Gasteiger partial charge < -0.3 is 20.5 Å². The number of carbonyl (C=O) groups excluding carboxylic acids is 1. The lowest BCUT2D eigenvalue weighted by atomic mass is 9.78. The number of hydrogen-bond donors (Lipinski definition) is 2. The molecule has 1 fully saturated rings. The number of primary amides is 1. The van der Waals surface area contributed by atoms with E-state index >= 15 is 0 Å². The molecule has 1 saturated carbocycles. The van der Waals surface area contributed by atoms with Crippen LogP contribution in [-0.2, 0) is 10.2 Å². The Balaban J connectivity index is 2.23. The van der Waals surface area contributed by atoms with Crippen LogP contribution in [0, 0.1) is 0 Å². The first-order chi connectivity index (χ1) is 10.1. The van der Waals surface area contributed by atoms with Crippen LogP contribution in [0.25, 0.3) is 0 Å². The van der Waals surface area contributed by atoms with Crippen LogP contribution >= 0.6 is 0 Å². The van der Waals surface area contributed by atoms with Crippen LogP contribution in [0.4, 0.5) is 0 Å². The van der Waals surface area contributed by atoms with Crippen LogP contribution in [0.5, 0.6) is 11.5 Å². The summed E-state index contributed by atoms with van der Waals surface area (Å²) in [4.78, 5) is 10.9. The van der Waals surface area contributed by atoms with Gasteiger partial charge in [0, 0.05) is 12.0 Å². The van der Waals surface area contributed by atoms with E-state index in [-0.39, 0.29) is 17.9 Å². The minimum atomic E-state index is -0.324. The van der Waals surface area contributed by atoms with E-state index in [1.54, 1.807) is 14.2 Å². The summed E-state index contributed by atoms with van der Waals surface area (Å²) in [5.74, 6) is 1.16. The third-order valence-electron chi connectivity index (χ3n) is 4.32. The van der Waals surface area contributed by atoms with Crippen LogP contribution in [0.1, 0.15) is 31.2 Å². The SMILES string of the molecule is COc1ccc(C2(CNCC(N)=O)CCCC2)cc1OC. The van der Waals surface area contributed by atoms with Crippen molar-refractivity contribution < 1.29 is 14.3 Å². The summed E-state index contributed by atoms with van der Waals surface area (Å²) in [6.07, 6.45) is 4.61. The third kappa shape index (κ3) is 3.47. The molecule has 0 spiro atoms. The molecule has 0 unspecified atom stereocenters. The molecule has 1 aliphatic rings. The van der Waals surface area contributed by atoms with E-state index in [1.807, 2.05) is 6.07 Å². The minimum Gasteiger partial charge on any atom is -0.493 e. The lowest BCUT2D eigenvalue weighted by molar-refractivity contribution is -0.117. The molecule has 1 aromatic carbocycles. The van der Waals surface area contributed by atoms with Crippen LogP contribution in [0.15, 0.2) is 18.2 Å². The maximum absolute atomic E-state index is 10.9. The van der Waals surface area contributed by atoms with Gasteiger partial charge in [0.15, 0.2) is 11.5 Å². The fraction of sp³-hybridized carbons (Fsp3) is 0.562. The molecule has 1 aliphatic carbocycles. The molecular weight excluding hydrogens is 268 g/mol. The standard InChI is InChI=1S/C16H24N2O3/c1-20-13-6-5-12(9-14(13)21-2)16(7-3-4-8-16)11-18-10-15(17)19/h5-6,9,18H,3-4,7-8,10-11H2,1-2H3,(H2,17,19). The number of benzene rings is 1. The molecule has 21 heavy (non-hydrogen) atoms.